The van der Waals surface area contributed by atoms with E-state index in [2.05, 4.69) is 146 Å². The van der Waals surface area contributed by atoms with Crippen molar-refractivity contribution >= 4 is 10.8 Å². The van der Waals surface area contributed by atoms with Crippen molar-refractivity contribution in [3.63, 3.8) is 0 Å². The summed E-state index contributed by atoms with van der Waals surface area (Å²) in [6, 6.07) is 66.2. The highest BCUT2D eigenvalue weighted by Gasteiger charge is 2.52. The van der Waals surface area contributed by atoms with Gasteiger partial charge in [-0.25, -0.2) is 15.0 Å². The van der Waals surface area contributed by atoms with Crippen molar-refractivity contribution in [2.75, 3.05) is 0 Å². The van der Waals surface area contributed by atoms with Crippen molar-refractivity contribution in [3.8, 4) is 73.6 Å². The summed E-state index contributed by atoms with van der Waals surface area (Å²) in [6.45, 7) is 0. The van der Waals surface area contributed by atoms with E-state index in [4.69, 9.17) is 15.0 Å². The lowest BCUT2D eigenvalue weighted by Crippen LogP contribution is -2.25. The van der Waals surface area contributed by atoms with Crippen molar-refractivity contribution < 1.29 is 0 Å². The number of benzene rings is 8. The molecule has 9 aromatic rings. The second kappa shape index (κ2) is 12.0. The zero-order chi connectivity index (χ0) is 36.5. The smallest absolute Gasteiger partial charge is 0.164 e. The van der Waals surface area contributed by atoms with E-state index in [9.17, 15) is 5.26 Å². The number of hydrogen-bond donors (Lipinski definition) is 0. The van der Waals surface area contributed by atoms with Crippen molar-refractivity contribution in [1.29, 1.82) is 5.26 Å². The highest BCUT2D eigenvalue weighted by atomic mass is 15.0. The van der Waals surface area contributed by atoms with Crippen LogP contribution in [0.1, 0.15) is 27.8 Å². The fourth-order valence-corrected chi connectivity index (χ4v) is 8.95. The molecule has 0 bridgehead atoms. The summed E-state index contributed by atoms with van der Waals surface area (Å²) in [5.41, 5.74) is 14.6. The molecule has 0 fully saturated rings. The molecular formula is C51H30N4. The normalized spacial score (nSPS) is 12.9. The van der Waals surface area contributed by atoms with E-state index < -0.39 is 5.41 Å². The maximum Gasteiger partial charge on any atom is 0.164 e. The van der Waals surface area contributed by atoms with Crippen LogP contribution in [0.3, 0.4) is 0 Å². The Labute approximate surface area is 318 Å². The third-order valence-electron chi connectivity index (χ3n) is 11.4. The molecule has 1 heterocycles. The molecule has 0 amide bonds. The molecule has 0 atom stereocenters. The number of hydrogen-bond acceptors (Lipinski definition) is 4. The molecule has 0 N–H and O–H groups in total. The Morgan fingerprint density at radius 1 is 0.364 bits per heavy atom. The standard InChI is InChI=1S/C51H30N4/c52-31-39-15-10-20-45-47(39)42-28-27-37(30-46(42)51(45)43-18-8-6-16-40(43)41-17-7-9-19-44(41)51)33-21-24-35(25-22-33)49-53-48(34-12-2-1-3-13-34)54-50(55-49)38-26-23-32-11-4-5-14-36(32)29-38/h1-30H. The first-order chi connectivity index (χ1) is 27.2. The molecule has 8 aromatic carbocycles. The first-order valence-electron chi connectivity index (χ1n) is 18.5. The van der Waals surface area contributed by atoms with Crippen molar-refractivity contribution in [2.24, 2.45) is 0 Å². The maximum atomic E-state index is 10.3. The van der Waals surface area contributed by atoms with E-state index in [1.165, 1.54) is 33.2 Å². The summed E-state index contributed by atoms with van der Waals surface area (Å²) < 4.78 is 0. The van der Waals surface area contributed by atoms with E-state index in [0.29, 0.717) is 23.0 Å². The maximum absolute atomic E-state index is 10.3. The molecule has 1 aromatic heterocycles. The van der Waals surface area contributed by atoms with Gasteiger partial charge in [0.2, 0.25) is 0 Å². The van der Waals surface area contributed by atoms with E-state index in [1.54, 1.807) is 0 Å². The summed E-state index contributed by atoms with van der Waals surface area (Å²) in [6.07, 6.45) is 0. The molecule has 11 rings (SSSR count). The van der Waals surface area contributed by atoms with Crippen LogP contribution in [0.5, 0.6) is 0 Å². The Balaban J connectivity index is 1.05. The lowest BCUT2D eigenvalue weighted by atomic mass is 9.70. The predicted molar refractivity (Wildman–Crippen MR) is 220 cm³/mol. The van der Waals surface area contributed by atoms with Gasteiger partial charge in [-0.3, -0.25) is 0 Å². The third kappa shape index (κ3) is 4.60. The van der Waals surface area contributed by atoms with Crippen LogP contribution in [0.25, 0.3) is 78.3 Å². The number of rotatable bonds is 4. The molecule has 55 heavy (non-hydrogen) atoms. The minimum atomic E-state index is -0.529. The topological polar surface area (TPSA) is 62.5 Å². The molecule has 2 aliphatic rings. The largest absolute Gasteiger partial charge is 0.208 e. The Morgan fingerprint density at radius 3 is 1.62 bits per heavy atom. The zero-order valence-corrected chi connectivity index (χ0v) is 29.6. The van der Waals surface area contributed by atoms with Gasteiger partial charge >= 0.3 is 0 Å². The van der Waals surface area contributed by atoms with Crippen LogP contribution in [0.2, 0.25) is 0 Å². The molecule has 254 valence electrons. The van der Waals surface area contributed by atoms with Gasteiger partial charge in [-0.15, -0.1) is 0 Å². The van der Waals surface area contributed by atoms with Crippen LogP contribution in [0.15, 0.2) is 182 Å². The van der Waals surface area contributed by atoms with Gasteiger partial charge in [-0.2, -0.15) is 5.26 Å². The first-order valence-corrected chi connectivity index (χ1v) is 18.5. The number of nitrogens with zero attached hydrogens (tertiary/aromatic N) is 4. The number of nitriles is 1. The van der Waals surface area contributed by atoms with E-state index in [0.717, 1.165) is 49.9 Å². The van der Waals surface area contributed by atoms with Crippen LogP contribution in [0.4, 0.5) is 0 Å². The minimum absolute atomic E-state index is 0.529. The first kappa shape index (κ1) is 31.1. The monoisotopic (exact) mass is 698 g/mol. The number of aromatic nitrogens is 3. The second-order valence-corrected chi connectivity index (χ2v) is 14.3. The van der Waals surface area contributed by atoms with Gasteiger partial charge in [-0.1, -0.05) is 164 Å². The molecule has 0 unspecified atom stereocenters. The number of fused-ring (bicyclic) bond motifs is 11. The Morgan fingerprint density at radius 2 is 0.909 bits per heavy atom. The van der Waals surface area contributed by atoms with Crippen LogP contribution >= 0.6 is 0 Å². The van der Waals surface area contributed by atoms with Crippen LogP contribution < -0.4 is 0 Å². The molecule has 1 spiro atoms. The molecule has 0 saturated carbocycles. The molecule has 0 aliphatic heterocycles. The van der Waals surface area contributed by atoms with E-state index in [-0.39, 0.29) is 0 Å². The molecule has 2 aliphatic carbocycles. The molecule has 0 saturated heterocycles. The van der Waals surface area contributed by atoms with Crippen molar-refractivity contribution in [3.05, 3.63) is 210 Å². The Hall–Kier alpha value is -7.48. The molecular weight excluding hydrogens is 669 g/mol. The Kier molecular flexibility index (Phi) is 6.80. The van der Waals surface area contributed by atoms with E-state index >= 15 is 0 Å². The zero-order valence-electron chi connectivity index (χ0n) is 29.6. The summed E-state index contributed by atoms with van der Waals surface area (Å²) in [5.74, 6) is 1.89. The van der Waals surface area contributed by atoms with Gasteiger partial charge in [0.25, 0.3) is 0 Å². The van der Waals surface area contributed by atoms with Gasteiger partial charge in [0.05, 0.1) is 17.0 Å². The highest BCUT2D eigenvalue weighted by Crippen LogP contribution is 2.63. The third-order valence-corrected chi connectivity index (χ3v) is 11.4. The molecule has 4 heteroatoms. The average Bonchev–Trinajstić information content (AvgIpc) is 3.73. The van der Waals surface area contributed by atoms with Crippen LogP contribution in [0, 0.1) is 11.3 Å². The van der Waals surface area contributed by atoms with E-state index in [1.807, 2.05) is 42.5 Å². The lowest BCUT2D eigenvalue weighted by molar-refractivity contribution is 0.794. The molecule has 4 nitrogen and oxygen atoms in total. The summed E-state index contributed by atoms with van der Waals surface area (Å²) in [5, 5.41) is 12.7. The van der Waals surface area contributed by atoms with Crippen LogP contribution in [-0.4, -0.2) is 15.0 Å². The predicted octanol–water partition coefficient (Wildman–Crippen LogP) is 11.9. The van der Waals surface area contributed by atoms with Gasteiger partial charge in [0.15, 0.2) is 17.5 Å². The van der Waals surface area contributed by atoms with Gasteiger partial charge in [0, 0.05) is 22.3 Å². The summed E-state index contributed by atoms with van der Waals surface area (Å²) >= 11 is 0. The average molecular weight is 699 g/mol. The Bertz CT molecular complexity index is 3000. The van der Waals surface area contributed by atoms with Crippen LogP contribution in [-0.2, 0) is 5.41 Å². The van der Waals surface area contributed by atoms with Gasteiger partial charge < -0.3 is 0 Å². The highest BCUT2D eigenvalue weighted by molar-refractivity contribution is 5.97. The summed E-state index contributed by atoms with van der Waals surface area (Å²) in [4.78, 5) is 15.0. The summed E-state index contributed by atoms with van der Waals surface area (Å²) in [7, 11) is 0. The van der Waals surface area contributed by atoms with Crippen molar-refractivity contribution in [2.45, 2.75) is 5.41 Å². The fraction of sp³-hybridized carbons (Fsp3) is 0.0196. The quantitative estimate of drug-likeness (QED) is 0.184. The lowest BCUT2D eigenvalue weighted by Gasteiger charge is -2.30. The second-order valence-electron chi connectivity index (χ2n) is 14.3. The van der Waals surface area contributed by atoms with Crippen molar-refractivity contribution in [1.82, 2.24) is 15.0 Å². The van der Waals surface area contributed by atoms with Gasteiger partial charge in [-0.05, 0) is 79.0 Å². The molecule has 0 radical (unpaired) electrons. The SMILES string of the molecule is N#Cc1cccc2c1-c1ccc(-c3ccc(-c4nc(-c5ccccc5)nc(-c5ccc6ccccc6c5)n4)cc3)cc1C21c2ccccc2-c2ccccc21. The minimum Gasteiger partial charge on any atom is -0.208 e. The fourth-order valence-electron chi connectivity index (χ4n) is 8.95. The van der Waals surface area contributed by atoms with Gasteiger partial charge in [0.1, 0.15) is 0 Å².